The zero-order valence-corrected chi connectivity index (χ0v) is 18.2. The van der Waals surface area contributed by atoms with Gasteiger partial charge < -0.3 is 14.8 Å². The lowest BCUT2D eigenvalue weighted by molar-refractivity contribution is -0.138. The van der Waals surface area contributed by atoms with Crippen molar-refractivity contribution < 1.29 is 27.5 Å². The van der Waals surface area contributed by atoms with E-state index in [4.69, 9.17) is 4.42 Å². The van der Waals surface area contributed by atoms with E-state index in [1.54, 1.807) is 56.3 Å². The zero-order chi connectivity index (χ0) is 24.6. The molecule has 0 aliphatic carbocycles. The van der Waals surface area contributed by atoms with Crippen LogP contribution in [0.4, 0.5) is 18.9 Å². The van der Waals surface area contributed by atoms with Crippen LogP contribution in [0.15, 0.2) is 75.9 Å². The van der Waals surface area contributed by atoms with Gasteiger partial charge in [-0.05, 0) is 37.6 Å². The van der Waals surface area contributed by atoms with Gasteiger partial charge in [0.05, 0.1) is 17.0 Å². The van der Waals surface area contributed by atoms with Crippen LogP contribution >= 0.6 is 0 Å². The number of rotatable bonds is 5. The van der Waals surface area contributed by atoms with Gasteiger partial charge in [-0.2, -0.15) is 13.2 Å². The number of aromatic carboxylic acids is 1. The van der Waals surface area contributed by atoms with Gasteiger partial charge in [-0.3, -0.25) is 4.79 Å². The number of carboxylic acids is 1. The maximum absolute atomic E-state index is 14.0. The summed E-state index contributed by atoms with van der Waals surface area (Å²) >= 11 is 0. The predicted molar refractivity (Wildman–Crippen MR) is 123 cm³/mol. The van der Waals surface area contributed by atoms with Gasteiger partial charge in [0.1, 0.15) is 11.1 Å². The average Bonchev–Trinajstić information content (AvgIpc) is 2.78. The van der Waals surface area contributed by atoms with Gasteiger partial charge in [0, 0.05) is 16.8 Å². The molecule has 0 spiro atoms. The van der Waals surface area contributed by atoms with Crippen molar-refractivity contribution in [2.24, 2.45) is 0 Å². The third kappa shape index (κ3) is 4.26. The molecular formula is C26H20F3NO4. The third-order valence-electron chi connectivity index (χ3n) is 5.48. The van der Waals surface area contributed by atoms with Crippen molar-refractivity contribution in [1.82, 2.24) is 0 Å². The molecule has 0 bridgehead atoms. The smallest absolute Gasteiger partial charge is 0.423 e. The van der Waals surface area contributed by atoms with Crippen molar-refractivity contribution in [2.75, 3.05) is 5.32 Å². The molecule has 0 fully saturated rings. The van der Waals surface area contributed by atoms with Crippen molar-refractivity contribution in [2.45, 2.75) is 26.1 Å². The lowest BCUT2D eigenvalue weighted by Gasteiger charge is -2.20. The molecule has 2 N–H and O–H groups in total. The van der Waals surface area contributed by atoms with Crippen molar-refractivity contribution in [1.29, 1.82) is 0 Å². The van der Waals surface area contributed by atoms with E-state index in [9.17, 15) is 27.9 Å². The summed E-state index contributed by atoms with van der Waals surface area (Å²) in [6.07, 6.45) is -4.92. The van der Waals surface area contributed by atoms with E-state index < -0.39 is 34.9 Å². The van der Waals surface area contributed by atoms with Gasteiger partial charge in [-0.1, -0.05) is 48.5 Å². The number of hydrogen-bond acceptors (Lipinski definition) is 4. The standard InChI is InChI=1S/C26H20F3NO4/c1-14-12-18(15(2)30-20-11-7-6-10-17(20)25(32)33)24-19(13-14)22(31)21(26(27,28)29)23(34-24)16-8-4-3-5-9-16/h3-13,15,30H,1-2H3,(H,32,33). The Morgan fingerprint density at radius 1 is 1.03 bits per heavy atom. The molecule has 0 aliphatic heterocycles. The number of halogens is 3. The van der Waals surface area contributed by atoms with E-state index in [0.29, 0.717) is 16.8 Å². The maximum Gasteiger partial charge on any atom is 0.423 e. The summed E-state index contributed by atoms with van der Waals surface area (Å²) in [5.41, 5.74) is -1.04. The second-order valence-electron chi connectivity index (χ2n) is 7.95. The fourth-order valence-electron chi connectivity index (χ4n) is 3.95. The number of aryl methyl sites for hydroxylation is 1. The summed E-state index contributed by atoms with van der Waals surface area (Å²) in [5, 5.41) is 12.4. The number of para-hydroxylation sites is 1. The molecule has 0 amide bonds. The molecule has 34 heavy (non-hydrogen) atoms. The number of benzene rings is 3. The molecule has 0 saturated carbocycles. The lowest BCUT2D eigenvalue weighted by atomic mass is 9.98. The number of hydrogen-bond donors (Lipinski definition) is 2. The molecule has 1 aromatic heterocycles. The Labute approximate surface area is 192 Å². The Hall–Kier alpha value is -4.07. The number of anilines is 1. The molecule has 174 valence electrons. The summed E-state index contributed by atoms with van der Waals surface area (Å²) in [4.78, 5) is 24.7. The number of carbonyl (C=O) groups is 1. The van der Waals surface area contributed by atoms with E-state index in [2.05, 4.69) is 5.32 Å². The van der Waals surface area contributed by atoms with Crippen LogP contribution in [-0.2, 0) is 6.18 Å². The normalized spacial score (nSPS) is 12.5. The van der Waals surface area contributed by atoms with Crippen LogP contribution in [0.2, 0.25) is 0 Å². The third-order valence-corrected chi connectivity index (χ3v) is 5.48. The van der Waals surface area contributed by atoms with Gasteiger partial charge in [0.15, 0.2) is 5.76 Å². The van der Waals surface area contributed by atoms with E-state index in [0.717, 1.165) is 0 Å². The van der Waals surface area contributed by atoms with E-state index in [1.165, 1.54) is 24.3 Å². The SMILES string of the molecule is Cc1cc(C(C)Nc2ccccc2C(=O)O)c2oc(-c3ccccc3)c(C(F)(F)F)c(=O)c2c1. The Balaban J connectivity index is 1.97. The molecule has 3 aromatic carbocycles. The van der Waals surface area contributed by atoms with Crippen LogP contribution in [0.25, 0.3) is 22.3 Å². The summed E-state index contributed by atoms with van der Waals surface area (Å²) in [7, 11) is 0. The van der Waals surface area contributed by atoms with E-state index >= 15 is 0 Å². The first-order chi connectivity index (χ1) is 16.1. The second kappa shape index (κ2) is 8.70. The highest BCUT2D eigenvalue weighted by Crippen LogP contribution is 2.38. The molecule has 0 radical (unpaired) electrons. The summed E-state index contributed by atoms with van der Waals surface area (Å²) in [6.45, 7) is 3.38. The van der Waals surface area contributed by atoms with Crippen LogP contribution in [-0.4, -0.2) is 11.1 Å². The maximum atomic E-state index is 14.0. The van der Waals surface area contributed by atoms with Crippen LogP contribution in [0.3, 0.4) is 0 Å². The minimum Gasteiger partial charge on any atom is -0.478 e. The highest BCUT2D eigenvalue weighted by molar-refractivity contribution is 5.94. The minimum absolute atomic E-state index is 0.00950. The first-order valence-electron chi connectivity index (χ1n) is 10.4. The van der Waals surface area contributed by atoms with Crippen molar-refractivity contribution >= 4 is 22.6 Å². The number of nitrogens with one attached hydrogen (secondary N) is 1. The fourth-order valence-corrected chi connectivity index (χ4v) is 3.95. The van der Waals surface area contributed by atoms with Crippen LogP contribution < -0.4 is 10.7 Å². The monoisotopic (exact) mass is 467 g/mol. The van der Waals surface area contributed by atoms with E-state index in [1.807, 2.05) is 0 Å². The lowest BCUT2D eigenvalue weighted by Crippen LogP contribution is -2.22. The molecule has 4 rings (SSSR count). The highest BCUT2D eigenvalue weighted by Gasteiger charge is 2.39. The Morgan fingerprint density at radius 2 is 1.68 bits per heavy atom. The van der Waals surface area contributed by atoms with E-state index in [-0.39, 0.29) is 22.1 Å². The fraction of sp³-hybridized carbons (Fsp3) is 0.154. The Kier molecular flexibility index (Phi) is 5.91. The van der Waals surface area contributed by atoms with Crippen molar-refractivity contribution in [3.05, 3.63) is 99.2 Å². The Bertz CT molecular complexity index is 1440. The summed E-state index contributed by atoms with van der Waals surface area (Å²) < 4.78 is 47.7. The van der Waals surface area contributed by atoms with Crippen LogP contribution in [0, 0.1) is 6.92 Å². The summed E-state index contributed by atoms with van der Waals surface area (Å²) in [6, 6.07) is 16.4. The van der Waals surface area contributed by atoms with Crippen LogP contribution in [0.1, 0.15) is 40.0 Å². The number of fused-ring (bicyclic) bond motifs is 1. The molecular weight excluding hydrogens is 447 g/mol. The quantitative estimate of drug-likeness (QED) is 0.343. The molecule has 4 aromatic rings. The van der Waals surface area contributed by atoms with Crippen LogP contribution in [0.5, 0.6) is 0 Å². The first kappa shape index (κ1) is 23.1. The summed E-state index contributed by atoms with van der Waals surface area (Å²) in [5.74, 6) is -1.69. The number of carboxylic acid groups (broad SMARTS) is 1. The minimum atomic E-state index is -4.92. The molecule has 1 unspecified atom stereocenters. The topological polar surface area (TPSA) is 79.5 Å². The van der Waals surface area contributed by atoms with Gasteiger partial charge in [0.25, 0.3) is 0 Å². The number of alkyl halides is 3. The van der Waals surface area contributed by atoms with Crippen molar-refractivity contribution in [3.8, 4) is 11.3 Å². The van der Waals surface area contributed by atoms with Gasteiger partial charge in [0.2, 0.25) is 5.43 Å². The van der Waals surface area contributed by atoms with Gasteiger partial charge in [-0.15, -0.1) is 0 Å². The average molecular weight is 467 g/mol. The predicted octanol–water partition coefficient (Wildman–Crippen LogP) is 6.66. The van der Waals surface area contributed by atoms with Crippen molar-refractivity contribution in [3.63, 3.8) is 0 Å². The van der Waals surface area contributed by atoms with Gasteiger partial charge in [-0.25, -0.2) is 4.79 Å². The molecule has 0 saturated heterocycles. The first-order valence-corrected chi connectivity index (χ1v) is 10.4. The molecule has 8 heteroatoms. The Morgan fingerprint density at radius 3 is 2.32 bits per heavy atom. The van der Waals surface area contributed by atoms with Gasteiger partial charge >= 0.3 is 12.1 Å². The molecule has 1 atom stereocenters. The molecule has 5 nitrogen and oxygen atoms in total. The highest BCUT2D eigenvalue weighted by atomic mass is 19.4. The second-order valence-corrected chi connectivity index (χ2v) is 7.95. The zero-order valence-electron chi connectivity index (χ0n) is 18.2. The molecule has 0 aliphatic rings. The molecule has 1 heterocycles. The largest absolute Gasteiger partial charge is 0.478 e.